The molecule has 0 aromatic carbocycles. The first kappa shape index (κ1) is 11.7. The maximum absolute atomic E-state index is 11.9. The first-order chi connectivity index (χ1) is 7.75. The van der Waals surface area contributed by atoms with Gasteiger partial charge in [-0.3, -0.25) is 0 Å². The fourth-order valence-corrected chi connectivity index (χ4v) is 2.42. The highest BCUT2D eigenvalue weighted by Crippen LogP contribution is 2.08. The molecular weight excluding hydrogens is 204 g/mol. The number of nitrogens with zero attached hydrogens (tertiary/aromatic N) is 2. The van der Waals surface area contributed by atoms with Gasteiger partial charge >= 0.3 is 6.03 Å². The third kappa shape index (κ3) is 3.09. The molecule has 2 rings (SSSR count). The molecule has 0 bridgehead atoms. The van der Waals surface area contributed by atoms with Crippen molar-refractivity contribution in [3.05, 3.63) is 0 Å². The summed E-state index contributed by atoms with van der Waals surface area (Å²) in [6, 6.07) is 0.447. The van der Waals surface area contributed by atoms with E-state index in [-0.39, 0.29) is 6.03 Å². The van der Waals surface area contributed by atoms with Gasteiger partial charge in [0, 0.05) is 38.8 Å². The summed E-state index contributed by atoms with van der Waals surface area (Å²) in [5.41, 5.74) is 0. The van der Waals surface area contributed by atoms with Crippen LogP contribution in [-0.2, 0) is 0 Å². The smallest absolute Gasteiger partial charge is 0.317 e. The number of carbonyl (C=O) groups is 1. The minimum absolute atomic E-state index is 0.113. The number of likely N-dealkylation sites (N-methyl/N-ethyl adjacent to an activating group) is 1. The van der Waals surface area contributed by atoms with E-state index in [2.05, 4.69) is 22.6 Å². The van der Waals surface area contributed by atoms with E-state index in [9.17, 15) is 4.79 Å². The van der Waals surface area contributed by atoms with Crippen LogP contribution in [0.15, 0.2) is 0 Å². The van der Waals surface area contributed by atoms with Crippen molar-refractivity contribution in [2.75, 3.05) is 46.3 Å². The summed E-state index contributed by atoms with van der Waals surface area (Å²) in [6.07, 6.45) is 2.30. The van der Waals surface area contributed by atoms with E-state index >= 15 is 0 Å². The number of hydrogen-bond donors (Lipinski definition) is 2. The Morgan fingerprint density at radius 2 is 2.06 bits per heavy atom. The molecule has 5 nitrogen and oxygen atoms in total. The van der Waals surface area contributed by atoms with Crippen molar-refractivity contribution >= 4 is 6.03 Å². The van der Waals surface area contributed by atoms with Gasteiger partial charge in [0.25, 0.3) is 0 Å². The van der Waals surface area contributed by atoms with Crippen LogP contribution in [0.3, 0.4) is 0 Å². The summed E-state index contributed by atoms with van der Waals surface area (Å²) in [5.74, 6) is 0. The van der Waals surface area contributed by atoms with Crippen LogP contribution >= 0.6 is 0 Å². The first-order valence-corrected chi connectivity index (χ1v) is 6.20. The van der Waals surface area contributed by atoms with E-state index in [1.165, 1.54) is 6.42 Å². The lowest BCUT2D eigenvalue weighted by atomic mass is 10.1. The van der Waals surface area contributed by atoms with E-state index < -0.39 is 0 Å². The Morgan fingerprint density at radius 3 is 2.75 bits per heavy atom. The molecule has 2 amide bonds. The predicted molar refractivity (Wildman–Crippen MR) is 63.5 cm³/mol. The molecule has 92 valence electrons. The molecule has 16 heavy (non-hydrogen) atoms. The SMILES string of the molecule is CN1CCCC(NC(=O)N2CCNCC2)C1. The van der Waals surface area contributed by atoms with E-state index in [1.54, 1.807) is 0 Å². The predicted octanol–water partition coefficient (Wildman–Crippen LogP) is -0.305. The monoisotopic (exact) mass is 226 g/mol. The number of nitrogens with one attached hydrogen (secondary N) is 2. The number of amides is 2. The molecule has 5 heteroatoms. The average Bonchev–Trinajstić information content (AvgIpc) is 2.30. The molecule has 1 atom stereocenters. The fraction of sp³-hybridized carbons (Fsp3) is 0.909. The molecule has 0 spiro atoms. The second-order valence-corrected chi connectivity index (χ2v) is 4.79. The third-order valence-electron chi connectivity index (χ3n) is 3.36. The molecule has 1 unspecified atom stereocenters. The highest BCUT2D eigenvalue weighted by atomic mass is 16.2. The Labute approximate surface area is 97.2 Å². The second kappa shape index (κ2) is 5.50. The van der Waals surface area contributed by atoms with Crippen molar-refractivity contribution in [3.63, 3.8) is 0 Å². The largest absolute Gasteiger partial charge is 0.334 e. The van der Waals surface area contributed by atoms with Crippen LogP contribution in [0.25, 0.3) is 0 Å². The molecule has 2 aliphatic heterocycles. The normalized spacial score (nSPS) is 27.8. The van der Waals surface area contributed by atoms with Crippen LogP contribution in [0, 0.1) is 0 Å². The molecule has 2 saturated heterocycles. The molecule has 2 fully saturated rings. The van der Waals surface area contributed by atoms with Crippen LogP contribution < -0.4 is 10.6 Å². The summed E-state index contributed by atoms with van der Waals surface area (Å²) < 4.78 is 0. The molecule has 2 aliphatic rings. The van der Waals surface area contributed by atoms with E-state index in [4.69, 9.17) is 0 Å². The Kier molecular flexibility index (Phi) is 4.01. The number of urea groups is 1. The van der Waals surface area contributed by atoms with Crippen LogP contribution in [0.4, 0.5) is 4.79 Å². The summed E-state index contributed by atoms with van der Waals surface area (Å²) in [6.45, 7) is 5.62. The molecule has 2 N–H and O–H groups in total. The molecular formula is C11H22N4O. The number of likely N-dealkylation sites (tertiary alicyclic amines) is 1. The first-order valence-electron chi connectivity index (χ1n) is 6.20. The van der Waals surface area contributed by atoms with Crippen molar-refractivity contribution in [2.24, 2.45) is 0 Å². The van der Waals surface area contributed by atoms with Crippen molar-refractivity contribution < 1.29 is 4.79 Å². The van der Waals surface area contributed by atoms with E-state index in [1.807, 2.05) is 4.90 Å². The van der Waals surface area contributed by atoms with Crippen molar-refractivity contribution in [2.45, 2.75) is 18.9 Å². The lowest BCUT2D eigenvalue weighted by Gasteiger charge is -2.33. The van der Waals surface area contributed by atoms with Gasteiger partial charge in [0.1, 0.15) is 0 Å². The number of rotatable bonds is 1. The Morgan fingerprint density at radius 1 is 1.31 bits per heavy atom. The number of piperazine rings is 1. The van der Waals surface area contributed by atoms with Gasteiger partial charge in [-0.2, -0.15) is 0 Å². The Balaban J connectivity index is 1.77. The zero-order chi connectivity index (χ0) is 11.4. The minimum Gasteiger partial charge on any atom is -0.334 e. The van der Waals surface area contributed by atoms with Gasteiger partial charge in [0.05, 0.1) is 0 Å². The topological polar surface area (TPSA) is 47.6 Å². The van der Waals surface area contributed by atoms with Crippen LogP contribution in [0.5, 0.6) is 0 Å². The Bertz CT molecular complexity index is 240. The maximum atomic E-state index is 11.9. The van der Waals surface area contributed by atoms with Crippen LogP contribution in [0.2, 0.25) is 0 Å². The van der Waals surface area contributed by atoms with E-state index in [0.717, 1.165) is 45.7 Å². The van der Waals surface area contributed by atoms with Gasteiger partial charge in [-0.05, 0) is 26.4 Å². The molecule has 0 aliphatic carbocycles. The number of hydrogen-bond acceptors (Lipinski definition) is 3. The van der Waals surface area contributed by atoms with Gasteiger partial charge in [0.2, 0.25) is 0 Å². The van der Waals surface area contributed by atoms with Crippen LogP contribution in [0.1, 0.15) is 12.8 Å². The van der Waals surface area contributed by atoms with Gasteiger partial charge in [-0.1, -0.05) is 0 Å². The van der Waals surface area contributed by atoms with Gasteiger partial charge < -0.3 is 20.4 Å². The third-order valence-corrected chi connectivity index (χ3v) is 3.36. The van der Waals surface area contributed by atoms with Gasteiger partial charge in [-0.15, -0.1) is 0 Å². The van der Waals surface area contributed by atoms with Crippen LogP contribution in [-0.4, -0.2) is 68.2 Å². The fourth-order valence-electron chi connectivity index (χ4n) is 2.42. The Hall–Kier alpha value is -0.810. The molecule has 2 heterocycles. The zero-order valence-corrected chi connectivity index (χ0v) is 10.0. The summed E-state index contributed by atoms with van der Waals surface area (Å²) in [4.78, 5) is 16.1. The van der Waals surface area contributed by atoms with Crippen molar-refractivity contribution in [1.29, 1.82) is 0 Å². The quantitative estimate of drug-likeness (QED) is 0.645. The zero-order valence-electron chi connectivity index (χ0n) is 10.0. The number of piperidine rings is 1. The van der Waals surface area contributed by atoms with E-state index in [0.29, 0.717) is 6.04 Å². The lowest BCUT2D eigenvalue weighted by molar-refractivity contribution is 0.172. The maximum Gasteiger partial charge on any atom is 0.317 e. The highest BCUT2D eigenvalue weighted by molar-refractivity contribution is 5.74. The minimum atomic E-state index is 0.113. The number of carbonyl (C=O) groups excluding carboxylic acids is 1. The highest BCUT2D eigenvalue weighted by Gasteiger charge is 2.22. The van der Waals surface area contributed by atoms with Crippen molar-refractivity contribution in [3.8, 4) is 0 Å². The lowest BCUT2D eigenvalue weighted by Crippen LogP contribution is -2.54. The second-order valence-electron chi connectivity index (χ2n) is 4.79. The summed E-state index contributed by atoms with van der Waals surface area (Å²) >= 11 is 0. The average molecular weight is 226 g/mol. The van der Waals surface area contributed by atoms with Gasteiger partial charge in [0.15, 0.2) is 0 Å². The summed E-state index contributed by atoms with van der Waals surface area (Å²) in [5, 5.41) is 6.39. The summed E-state index contributed by atoms with van der Waals surface area (Å²) in [7, 11) is 2.11. The molecule has 0 saturated carbocycles. The molecule has 0 aromatic heterocycles. The molecule has 0 aromatic rings. The van der Waals surface area contributed by atoms with Crippen molar-refractivity contribution in [1.82, 2.24) is 20.4 Å². The molecule has 0 radical (unpaired) electrons. The van der Waals surface area contributed by atoms with Gasteiger partial charge in [-0.25, -0.2) is 4.79 Å². The standard InChI is InChI=1S/C11H22N4O/c1-14-6-2-3-10(9-14)13-11(16)15-7-4-12-5-8-15/h10,12H,2-9H2,1H3,(H,13,16).